The largest absolute Gasteiger partial charge is 0.416 e. The minimum atomic E-state index is -1.25. The Bertz CT molecular complexity index is 91.1. The lowest BCUT2D eigenvalue weighted by Crippen LogP contribution is -2.40. The predicted molar refractivity (Wildman–Crippen MR) is 45.5 cm³/mol. The van der Waals surface area contributed by atoms with E-state index in [1.54, 1.807) is 0 Å². The van der Waals surface area contributed by atoms with Gasteiger partial charge in [-0.3, -0.25) is 0 Å². The second-order valence-corrected chi connectivity index (χ2v) is 7.87. The van der Waals surface area contributed by atoms with Crippen LogP contribution in [0.3, 0.4) is 0 Å². The van der Waals surface area contributed by atoms with Gasteiger partial charge in [0.1, 0.15) is 0 Å². The molecular weight excluding hydrogens is 148 g/mol. The van der Waals surface area contributed by atoms with Gasteiger partial charge in [0.15, 0.2) is 8.32 Å². The first-order valence-electron chi connectivity index (χ1n) is 3.52. The normalized spacial score (nSPS) is 36.7. The van der Waals surface area contributed by atoms with Crippen molar-refractivity contribution in [2.45, 2.75) is 25.4 Å². The molecule has 0 aromatic rings. The van der Waals surface area contributed by atoms with Crippen LogP contribution < -0.4 is 0 Å². The fourth-order valence-corrected chi connectivity index (χ4v) is 3.89. The summed E-state index contributed by atoms with van der Waals surface area (Å²) in [5.74, 6) is 0. The molecule has 1 saturated heterocycles. The van der Waals surface area contributed by atoms with E-state index in [9.17, 15) is 0 Å². The standard InChI is InChI=1S/C6H14OSSi/c1-9(6-8)5-3-2-4-7-9/h8H,2-6H2,1H3. The molecule has 0 saturated carbocycles. The van der Waals surface area contributed by atoms with Crippen molar-refractivity contribution >= 4 is 20.9 Å². The van der Waals surface area contributed by atoms with Gasteiger partial charge in [0.05, 0.1) is 0 Å². The van der Waals surface area contributed by atoms with E-state index in [0.29, 0.717) is 0 Å². The van der Waals surface area contributed by atoms with Crippen molar-refractivity contribution in [2.75, 3.05) is 12.0 Å². The molecule has 3 heteroatoms. The third-order valence-corrected chi connectivity index (χ3v) is 6.87. The number of hydrogen-bond acceptors (Lipinski definition) is 2. The molecule has 0 bridgehead atoms. The van der Waals surface area contributed by atoms with E-state index in [-0.39, 0.29) is 0 Å². The summed E-state index contributed by atoms with van der Waals surface area (Å²) in [6.07, 6.45) is 2.62. The lowest BCUT2D eigenvalue weighted by atomic mass is 10.4. The van der Waals surface area contributed by atoms with Crippen LogP contribution in [0.1, 0.15) is 12.8 Å². The number of thiol groups is 1. The van der Waals surface area contributed by atoms with Gasteiger partial charge in [0.25, 0.3) is 0 Å². The van der Waals surface area contributed by atoms with Crippen molar-refractivity contribution < 1.29 is 4.43 Å². The van der Waals surface area contributed by atoms with Gasteiger partial charge in [0.2, 0.25) is 0 Å². The molecule has 1 unspecified atom stereocenters. The van der Waals surface area contributed by atoms with Crippen LogP contribution in [0.15, 0.2) is 0 Å². The Balaban J connectivity index is 2.37. The van der Waals surface area contributed by atoms with E-state index in [1.165, 1.54) is 18.9 Å². The highest BCUT2D eigenvalue weighted by molar-refractivity contribution is 7.82. The summed E-state index contributed by atoms with van der Waals surface area (Å²) in [7, 11) is -1.25. The SMILES string of the molecule is C[Si]1(CS)CCCCO1. The fourth-order valence-electron chi connectivity index (χ4n) is 1.12. The van der Waals surface area contributed by atoms with Crippen LogP contribution in [-0.2, 0) is 4.43 Å². The molecule has 0 amide bonds. The van der Waals surface area contributed by atoms with Crippen LogP contribution in [0.5, 0.6) is 0 Å². The molecule has 0 radical (unpaired) electrons. The summed E-state index contributed by atoms with van der Waals surface area (Å²) in [6.45, 7) is 3.27. The molecule has 1 atom stereocenters. The van der Waals surface area contributed by atoms with Gasteiger partial charge in [0, 0.05) is 12.0 Å². The van der Waals surface area contributed by atoms with Gasteiger partial charge < -0.3 is 4.43 Å². The smallest absolute Gasteiger partial charge is 0.199 e. The van der Waals surface area contributed by atoms with Crippen LogP contribution in [0.2, 0.25) is 12.6 Å². The van der Waals surface area contributed by atoms with E-state index in [0.717, 1.165) is 12.0 Å². The highest BCUT2D eigenvalue weighted by atomic mass is 32.1. The minimum absolute atomic E-state index is 0.989. The van der Waals surface area contributed by atoms with E-state index in [4.69, 9.17) is 4.43 Å². The molecule has 0 spiro atoms. The van der Waals surface area contributed by atoms with Crippen molar-refractivity contribution in [1.29, 1.82) is 0 Å². The number of rotatable bonds is 1. The number of hydrogen-bond donors (Lipinski definition) is 1. The lowest BCUT2D eigenvalue weighted by Gasteiger charge is -2.29. The van der Waals surface area contributed by atoms with Crippen LogP contribution in [0, 0.1) is 0 Å². The topological polar surface area (TPSA) is 9.23 Å². The van der Waals surface area contributed by atoms with Gasteiger partial charge >= 0.3 is 0 Å². The molecule has 0 aromatic carbocycles. The summed E-state index contributed by atoms with van der Waals surface area (Å²) in [6, 6.07) is 1.32. The molecule has 1 aliphatic heterocycles. The molecule has 1 fully saturated rings. The zero-order valence-electron chi connectivity index (χ0n) is 5.89. The monoisotopic (exact) mass is 162 g/mol. The van der Waals surface area contributed by atoms with Gasteiger partial charge in [-0.25, -0.2) is 0 Å². The van der Waals surface area contributed by atoms with Crippen LogP contribution >= 0.6 is 12.6 Å². The van der Waals surface area contributed by atoms with Gasteiger partial charge in [-0.05, 0) is 19.0 Å². The van der Waals surface area contributed by atoms with Crippen molar-refractivity contribution in [3.63, 3.8) is 0 Å². The molecular formula is C6H14OSSi. The van der Waals surface area contributed by atoms with E-state index in [1.807, 2.05) is 0 Å². The summed E-state index contributed by atoms with van der Waals surface area (Å²) >= 11 is 4.29. The van der Waals surface area contributed by atoms with Crippen LogP contribution in [0.4, 0.5) is 0 Å². The van der Waals surface area contributed by atoms with E-state index >= 15 is 0 Å². The van der Waals surface area contributed by atoms with Crippen LogP contribution in [0.25, 0.3) is 0 Å². The summed E-state index contributed by atoms with van der Waals surface area (Å²) < 4.78 is 5.68. The zero-order valence-corrected chi connectivity index (χ0v) is 7.79. The summed E-state index contributed by atoms with van der Waals surface area (Å²) in [5, 5.41) is 0.993. The molecule has 9 heavy (non-hydrogen) atoms. The first-order valence-corrected chi connectivity index (χ1v) is 6.97. The molecule has 0 aromatic heterocycles. The van der Waals surface area contributed by atoms with Crippen molar-refractivity contribution in [3.8, 4) is 0 Å². The lowest BCUT2D eigenvalue weighted by molar-refractivity contribution is 0.274. The van der Waals surface area contributed by atoms with E-state index in [2.05, 4.69) is 19.2 Å². The Kier molecular flexibility index (Phi) is 2.61. The Morgan fingerprint density at radius 3 is 2.67 bits per heavy atom. The first-order chi connectivity index (χ1) is 4.27. The Hall–Kier alpha value is 0.527. The second-order valence-electron chi connectivity index (χ2n) is 2.91. The fraction of sp³-hybridized carbons (Fsp3) is 1.00. The molecule has 1 nitrogen and oxygen atoms in total. The highest BCUT2D eigenvalue weighted by Gasteiger charge is 2.29. The average Bonchev–Trinajstić information content (AvgIpc) is 1.90. The van der Waals surface area contributed by atoms with Crippen molar-refractivity contribution in [2.24, 2.45) is 0 Å². The van der Waals surface area contributed by atoms with E-state index < -0.39 is 8.32 Å². The maximum absolute atomic E-state index is 5.68. The first kappa shape index (κ1) is 7.63. The maximum atomic E-state index is 5.68. The predicted octanol–water partition coefficient (Wildman–Crippen LogP) is 1.84. The zero-order chi connectivity index (χ0) is 6.74. The minimum Gasteiger partial charge on any atom is -0.416 e. The Morgan fingerprint density at radius 2 is 2.33 bits per heavy atom. The Labute approximate surface area is 63.3 Å². The van der Waals surface area contributed by atoms with Crippen molar-refractivity contribution in [3.05, 3.63) is 0 Å². The quantitative estimate of drug-likeness (QED) is 0.457. The van der Waals surface area contributed by atoms with Gasteiger partial charge in [-0.15, -0.1) is 0 Å². The third-order valence-electron chi connectivity index (χ3n) is 1.88. The Morgan fingerprint density at radius 1 is 1.56 bits per heavy atom. The molecule has 0 N–H and O–H groups in total. The van der Waals surface area contributed by atoms with Crippen LogP contribution in [-0.4, -0.2) is 20.3 Å². The maximum Gasteiger partial charge on any atom is 0.199 e. The second kappa shape index (κ2) is 3.08. The molecule has 54 valence electrons. The molecule has 0 aliphatic carbocycles. The summed E-state index contributed by atoms with van der Waals surface area (Å²) in [4.78, 5) is 0. The molecule has 1 rings (SSSR count). The van der Waals surface area contributed by atoms with Gasteiger partial charge in [-0.1, -0.05) is 6.42 Å². The molecule has 1 heterocycles. The highest BCUT2D eigenvalue weighted by Crippen LogP contribution is 2.21. The van der Waals surface area contributed by atoms with Crippen molar-refractivity contribution in [1.82, 2.24) is 0 Å². The molecule has 1 aliphatic rings. The summed E-state index contributed by atoms with van der Waals surface area (Å²) in [5.41, 5.74) is 0. The average molecular weight is 162 g/mol. The van der Waals surface area contributed by atoms with Gasteiger partial charge in [-0.2, -0.15) is 12.6 Å². The third kappa shape index (κ3) is 1.99.